The van der Waals surface area contributed by atoms with Crippen LogP contribution in [-0.2, 0) is 9.59 Å². The molecule has 2 N–H and O–H groups in total. The minimum Gasteiger partial charge on any atom is -0.496 e. The predicted molar refractivity (Wildman–Crippen MR) is 108 cm³/mol. The second-order valence-electron chi connectivity index (χ2n) is 5.79. The van der Waals surface area contributed by atoms with Gasteiger partial charge < -0.3 is 15.2 Å². The van der Waals surface area contributed by atoms with Crippen LogP contribution in [0.1, 0.15) is 5.56 Å². The Morgan fingerprint density at radius 3 is 2.92 bits per heavy atom. The normalized spacial score (nSPS) is 24.4. The maximum atomic E-state index is 12.6. The molecule has 2 saturated heterocycles. The summed E-state index contributed by atoms with van der Waals surface area (Å²) in [4.78, 5) is 26.6. The Bertz CT molecular complexity index is 768. The molecule has 0 aromatic heterocycles. The summed E-state index contributed by atoms with van der Waals surface area (Å²) >= 11 is 8.00. The minimum atomic E-state index is -0.555. The fraction of sp³-hybridized carbons (Fsp3) is 0.353. The van der Waals surface area contributed by atoms with Gasteiger partial charge in [-0.2, -0.15) is 11.8 Å². The van der Waals surface area contributed by atoms with Gasteiger partial charge in [-0.1, -0.05) is 42.2 Å². The molecule has 2 atom stereocenters. The summed E-state index contributed by atoms with van der Waals surface area (Å²) in [6, 6.07) is 7.08. The third-order valence-corrected chi connectivity index (χ3v) is 6.55. The SMILES string of the molecule is COc1ccccc1/C=C1/SC(=S)N(CC(=O)N[C@@H]2CSC[C@@H]2O)C1=O. The Kier molecular flexibility index (Phi) is 6.23. The fourth-order valence-electron chi connectivity index (χ4n) is 2.64. The van der Waals surface area contributed by atoms with Gasteiger partial charge in [0.2, 0.25) is 5.91 Å². The zero-order valence-electron chi connectivity index (χ0n) is 14.0. The molecule has 9 heteroatoms. The molecule has 138 valence electrons. The van der Waals surface area contributed by atoms with E-state index in [1.54, 1.807) is 24.9 Å². The van der Waals surface area contributed by atoms with Crippen LogP contribution in [0.3, 0.4) is 0 Å². The zero-order chi connectivity index (χ0) is 18.7. The van der Waals surface area contributed by atoms with Gasteiger partial charge in [0, 0.05) is 17.1 Å². The number of carbonyl (C=O) groups excluding carboxylic acids is 2. The summed E-state index contributed by atoms with van der Waals surface area (Å²) in [5.74, 6) is 1.30. The number of aliphatic hydroxyl groups is 1. The number of benzene rings is 1. The predicted octanol–water partition coefficient (Wildman–Crippen LogP) is 1.49. The molecule has 2 aliphatic heterocycles. The van der Waals surface area contributed by atoms with E-state index in [4.69, 9.17) is 17.0 Å². The first-order chi connectivity index (χ1) is 12.5. The van der Waals surface area contributed by atoms with Gasteiger partial charge in [0.15, 0.2) is 0 Å². The van der Waals surface area contributed by atoms with Gasteiger partial charge in [0.05, 0.1) is 24.2 Å². The smallest absolute Gasteiger partial charge is 0.266 e. The highest BCUT2D eigenvalue weighted by atomic mass is 32.2. The Morgan fingerprint density at radius 2 is 2.23 bits per heavy atom. The van der Waals surface area contributed by atoms with Crippen LogP contribution in [0.4, 0.5) is 0 Å². The van der Waals surface area contributed by atoms with E-state index < -0.39 is 6.10 Å². The first-order valence-corrected chi connectivity index (χ1v) is 10.3. The van der Waals surface area contributed by atoms with Crippen molar-refractivity contribution in [2.45, 2.75) is 12.1 Å². The number of nitrogens with zero attached hydrogens (tertiary/aromatic N) is 1. The molecule has 0 unspecified atom stereocenters. The molecule has 3 rings (SSSR count). The second-order valence-corrected chi connectivity index (χ2v) is 8.54. The third kappa shape index (κ3) is 4.22. The van der Waals surface area contributed by atoms with Gasteiger partial charge >= 0.3 is 0 Å². The first-order valence-electron chi connectivity index (χ1n) is 7.93. The van der Waals surface area contributed by atoms with Crippen molar-refractivity contribution in [3.05, 3.63) is 34.7 Å². The maximum Gasteiger partial charge on any atom is 0.266 e. The van der Waals surface area contributed by atoms with Crippen LogP contribution in [-0.4, -0.2) is 63.4 Å². The number of rotatable bonds is 5. The number of methoxy groups -OCH3 is 1. The van der Waals surface area contributed by atoms with Crippen molar-refractivity contribution in [3.63, 3.8) is 0 Å². The van der Waals surface area contributed by atoms with E-state index in [9.17, 15) is 14.7 Å². The second kappa shape index (κ2) is 8.43. The average molecular weight is 411 g/mol. The van der Waals surface area contributed by atoms with Crippen LogP contribution in [0.5, 0.6) is 5.75 Å². The Morgan fingerprint density at radius 1 is 1.46 bits per heavy atom. The van der Waals surface area contributed by atoms with Crippen LogP contribution in [0.2, 0.25) is 0 Å². The Labute approximate surface area is 165 Å². The highest BCUT2D eigenvalue weighted by Gasteiger charge is 2.35. The van der Waals surface area contributed by atoms with Crippen LogP contribution in [0, 0.1) is 0 Å². The van der Waals surface area contributed by atoms with Gasteiger partial charge in [-0.05, 0) is 12.1 Å². The van der Waals surface area contributed by atoms with Crippen molar-refractivity contribution in [1.29, 1.82) is 0 Å². The van der Waals surface area contributed by atoms with E-state index >= 15 is 0 Å². The topological polar surface area (TPSA) is 78.9 Å². The van der Waals surface area contributed by atoms with Crippen LogP contribution >= 0.6 is 35.7 Å². The van der Waals surface area contributed by atoms with Crippen LogP contribution < -0.4 is 10.1 Å². The molecular formula is C17H18N2O4S3. The molecule has 2 amide bonds. The van der Waals surface area contributed by atoms with E-state index in [-0.39, 0.29) is 24.4 Å². The molecule has 0 radical (unpaired) electrons. The molecule has 2 aliphatic rings. The van der Waals surface area contributed by atoms with Crippen molar-refractivity contribution in [2.24, 2.45) is 0 Å². The van der Waals surface area contributed by atoms with Crippen molar-refractivity contribution in [3.8, 4) is 5.75 Å². The molecule has 0 saturated carbocycles. The monoisotopic (exact) mass is 410 g/mol. The van der Waals surface area contributed by atoms with Crippen molar-refractivity contribution < 1.29 is 19.4 Å². The summed E-state index contributed by atoms with van der Waals surface area (Å²) in [5.41, 5.74) is 0.769. The van der Waals surface area contributed by atoms with Gasteiger partial charge in [-0.3, -0.25) is 14.5 Å². The lowest BCUT2D eigenvalue weighted by atomic mass is 10.2. The largest absolute Gasteiger partial charge is 0.496 e. The van der Waals surface area contributed by atoms with Gasteiger partial charge in [0.25, 0.3) is 5.91 Å². The molecule has 2 fully saturated rings. The first kappa shape index (κ1) is 19.2. The van der Waals surface area contributed by atoms with E-state index in [0.29, 0.717) is 26.5 Å². The summed E-state index contributed by atoms with van der Waals surface area (Å²) < 4.78 is 5.63. The molecule has 2 heterocycles. The fourth-order valence-corrected chi connectivity index (χ4v) is 5.06. The van der Waals surface area contributed by atoms with Crippen LogP contribution in [0.25, 0.3) is 6.08 Å². The van der Waals surface area contributed by atoms with Gasteiger partial charge in [0.1, 0.15) is 16.6 Å². The number of hydrogen-bond acceptors (Lipinski definition) is 7. The molecule has 0 bridgehead atoms. The molecule has 0 spiro atoms. The lowest BCUT2D eigenvalue weighted by Crippen LogP contribution is -2.47. The standard InChI is InChI=1S/C17H18N2O4S3/c1-23-13-5-3-2-4-10(13)6-14-16(22)19(17(24)26-14)7-15(21)18-11-8-25-9-12(11)20/h2-6,11-12,20H,7-9H2,1H3,(H,18,21)/b14-6+/t11-,12+/m1/s1. The van der Waals surface area contributed by atoms with Crippen molar-refractivity contribution >= 4 is 58.0 Å². The number of thioether (sulfide) groups is 2. The summed E-state index contributed by atoms with van der Waals surface area (Å²) in [7, 11) is 1.57. The summed E-state index contributed by atoms with van der Waals surface area (Å²) in [6.07, 6.45) is 1.16. The Hall–Kier alpha value is -1.55. The van der Waals surface area contributed by atoms with Gasteiger partial charge in [-0.15, -0.1) is 0 Å². The number of thiocarbonyl (C=S) groups is 1. The number of ether oxygens (including phenoxy) is 1. The van der Waals surface area contributed by atoms with Crippen LogP contribution in [0.15, 0.2) is 29.2 Å². The minimum absolute atomic E-state index is 0.151. The van der Waals surface area contributed by atoms with E-state index in [1.165, 1.54) is 4.90 Å². The zero-order valence-corrected chi connectivity index (χ0v) is 16.5. The highest BCUT2D eigenvalue weighted by Crippen LogP contribution is 2.34. The third-order valence-electron chi connectivity index (χ3n) is 4.00. The van der Waals surface area contributed by atoms with Gasteiger partial charge in [-0.25, -0.2) is 0 Å². The number of nitrogens with one attached hydrogen (secondary N) is 1. The highest BCUT2D eigenvalue weighted by molar-refractivity contribution is 8.26. The molecule has 1 aromatic carbocycles. The molecular weight excluding hydrogens is 392 g/mol. The molecule has 6 nitrogen and oxygen atoms in total. The number of aliphatic hydroxyl groups excluding tert-OH is 1. The maximum absolute atomic E-state index is 12.6. The lowest BCUT2D eigenvalue weighted by Gasteiger charge is -2.18. The Balaban J connectivity index is 1.68. The van der Waals surface area contributed by atoms with E-state index in [2.05, 4.69) is 5.32 Å². The van der Waals surface area contributed by atoms with Crippen molar-refractivity contribution in [2.75, 3.05) is 25.2 Å². The van der Waals surface area contributed by atoms with E-state index in [1.807, 2.05) is 24.3 Å². The number of hydrogen-bond donors (Lipinski definition) is 2. The molecule has 1 aromatic rings. The summed E-state index contributed by atoms with van der Waals surface area (Å²) in [6.45, 7) is -0.151. The van der Waals surface area contributed by atoms with Crippen molar-refractivity contribution in [1.82, 2.24) is 10.2 Å². The summed E-state index contributed by atoms with van der Waals surface area (Å²) in [5, 5.41) is 12.6. The quantitative estimate of drug-likeness (QED) is 0.562. The molecule has 0 aliphatic carbocycles. The lowest BCUT2D eigenvalue weighted by molar-refractivity contribution is -0.129. The number of para-hydroxylation sites is 1. The number of carbonyl (C=O) groups is 2. The average Bonchev–Trinajstić information content (AvgIpc) is 3.13. The number of amides is 2. The van der Waals surface area contributed by atoms with E-state index in [0.717, 1.165) is 17.3 Å². The molecule has 26 heavy (non-hydrogen) atoms.